The molecule has 1 atom stereocenters. The van der Waals surface area contributed by atoms with E-state index in [1.807, 2.05) is 6.07 Å². The summed E-state index contributed by atoms with van der Waals surface area (Å²) in [5.41, 5.74) is 1.68. The van der Waals surface area contributed by atoms with E-state index in [1.165, 1.54) is 4.31 Å². The lowest BCUT2D eigenvalue weighted by atomic mass is 10.0. The van der Waals surface area contributed by atoms with Crippen LogP contribution in [0.3, 0.4) is 0 Å². The minimum Gasteiger partial charge on any atom is -0.466 e. The van der Waals surface area contributed by atoms with Crippen LogP contribution in [0.4, 0.5) is 5.69 Å². The number of piperidine rings is 1. The fourth-order valence-corrected chi connectivity index (χ4v) is 6.71. The summed E-state index contributed by atoms with van der Waals surface area (Å²) in [6.07, 6.45) is 3.78. The zero-order valence-corrected chi connectivity index (χ0v) is 18.8. The number of nitrogens with zero attached hydrogens (tertiary/aromatic N) is 2. The van der Waals surface area contributed by atoms with Crippen molar-refractivity contribution in [3.63, 3.8) is 0 Å². The molecule has 1 saturated heterocycles. The van der Waals surface area contributed by atoms with Gasteiger partial charge in [0.25, 0.3) is 0 Å². The summed E-state index contributed by atoms with van der Waals surface area (Å²) < 4.78 is 33.7. The molecule has 7 nitrogen and oxygen atoms in total. The van der Waals surface area contributed by atoms with Crippen molar-refractivity contribution < 1.29 is 22.7 Å². The number of halogens is 1. The topological polar surface area (TPSA) is 84.0 Å². The summed E-state index contributed by atoms with van der Waals surface area (Å²) in [7, 11) is -3.81. The Morgan fingerprint density at radius 1 is 1.17 bits per heavy atom. The Bertz CT molecular complexity index is 944. The highest BCUT2D eigenvalue weighted by atomic mass is 79.9. The molecule has 2 aliphatic heterocycles. The number of ether oxygens (including phenoxy) is 1. The zero-order chi connectivity index (χ0) is 20.8. The Morgan fingerprint density at radius 2 is 1.93 bits per heavy atom. The van der Waals surface area contributed by atoms with Crippen molar-refractivity contribution in [1.82, 2.24) is 4.31 Å². The number of benzene rings is 1. The minimum absolute atomic E-state index is 0.0806. The van der Waals surface area contributed by atoms with Gasteiger partial charge in [-0.1, -0.05) is 0 Å². The summed E-state index contributed by atoms with van der Waals surface area (Å²) >= 11 is 3.42. The highest BCUT2D eigenvalue weighted by Crippen LogP contribution is 2.40. The molecule has 0 N–H and O–H groups in total. The van der Waals surface area contributed by atoms with Crippen LogP contribution in [-0.4, -0.2) is 50.8 Å². The van der Waals surface area contributed by atoms with Gasteiger partial charge in [0.2, 0.25) is 15.9 Å². The third-order valence-corrected chi connectivity index (χ3v) is 8.67. The van der Waals surface area contributed by atoms with E-state index in [-0.39, 0.29) is 35.8 Å². The first kappa shape index (κ1) is 20.8. The molecule has 158 valence electrons. The molecule has 2 heterocycles. The standard InChI is InChI=1S/C20H25BrN2O5S/c1-2-28-20(25)15-4-3-8-22(12-15)29(26,27)18-11-17-14(10-16(18)21)7-9-23(17)19(24)13-5-6-13/h10-11,13,15H,2-9,12H2,1H3/t15-/m1/s1. The van der Waals surface area contributed by atoms with Crippen molar-refractivity contribution in [2.45, 2.75) is 43.9 Å². The highest BCUT2D eigenvalue weighted by Gasteiger charge is 2.39. The van der Waals surface area contributed by atoms with Gasteiger partial charge in [0.05, 0.1) is 17.4 Å². The van der Waals surface area contributed by atoms with Crippen LogP contribution in [0.25, 0.3) is 0 Å². The molecule has 0 aromatic heterocycles. The summed E-state index contributed by atoms with van der Waals surface area (Å²) in [6, 6.07) is 3.44. The van der Waals surface area contributed by atoms with E-state index >= 15 is 0 Å². The molecule has 0 spiro atoms. The molecule has 1 amide bonds. The summed E-state index contributed by atoms with van der Waals surface area (Å²) in [5.74, 6) is -0.618. The molecule has 3 aliphatic rings. The Morgan fingerprint density at radius 3 is 2.62 bits per heavy atom. The van der Waals surface area contributed by atoms with E-state index in [4.69, 9.17) is 4.74 Å². The van der Waals surface area contributed by atoms with Gasteiger partial charge in [-0.2, -0.15) is 4.31 Å². The number of esters is 1. The number of hydrogen-bond donors (Lipinski definition) is 0. The minimum atomic E-state index is -3.81. The molecule has 1 saturated carbocycles. The largest absolute Gasteiger partial charge is 0.466 e. The van der Waals surface area contributed by atoms with Gasteiger partial charge < -0.3 is 9.64 Å². The molecule has 0 unspecified atom stereocenters. The maximum absolute atomic E-state index is 13.4. The fraction of sp³-hybridized carbons (Fsp3) is 0.600. The first-order valence-electron chi connectivity index (χ1n) is 10.1. The van der Waals surface area contributed by atoms with E-state index in [1.54, 1.807) is 17.9 Å². The SMILES string of the molecule is CCOC(=O)[C@@H]1CCCN(S(=O)(=O)c2cc3c(cc2Br)CCN3C(=O)C2CC2)C1. The van der Waals surface area contributed by atoms with Gasteiger partial charge in [0, 0.05) is 35.7 Å². The predicted molar refractivity (Wildman–Crippen MR) is 111 cm³/mol. The Kier molecular flexibility index (Phi) is 5.74. The average molecular weight is 485 g/mol. The lowest BCUT2D eigenvalue weighted by Gasteiger charge is -2.31. The van der Waals surface area contributed by atoms with E-state index in [0.717, 1.165) is 24.8 Å². The smallest absolute Gasteiger partial charge is 0.310 e. The molecule has 0 bridgehead atoms. The van der Waals surface area contributed by atoms with E-state index in [0.29, 0.717) is 36.1 Å². The Labute approximate surface area is 179 Å². The molecule has 0 radical (unpaired) electrons. The molecule has 29 heavy (non-hydrogen) atoms. The molecule has 4 rings (SSSR count). The summed E-state index contributed by atoms with van der Waals surface area (Å²) in [4.78, 5) is 26.6. The molecule has 9 heteroatoms. The quantitative estimate of drug-likeness (QED) is 0.599. The van der Waals surface area contributed by atoms with Crippen molar-refractivity contribution in [2.75, 3.05) is 31.1 Å². The van der Waals surface area contributed by atoms with Gasteiger partial charge in [-0.15, -0.1) is 0 Å². The predicted octanol–water partition coefficient (Wildman–Crippen LogP) is 2.71. The highest BCUT2D eigenvalue weighted by molar-refractivity contribution is 9.10. The van der Waals surface area contributed by atoms with Gasteiger partial charge in [0.15, 0.2) is 0 Å². The van der Waals surface area contributed by atoms with Gasteiger partial charge in [0.1, 0.15) is 0 Å². The lowest BCUT2D eigenvalue weighted by molar-refractivity contribution is -0.149. The first-order chi connectivity index (χ1) is 13.8. The fourth-order valence-electron chi connectivity index (χ4n) is 4.12. The van der Waals surface area contributed by atoms with Crippen molar-refractivity contribution in [3.05, 3.63) is 22.2 Å². The van der Waals surface area contributed by atoms with Gasteiger partial charge in [-0.3, -0.25) is 9.59 Å². The molecular weight excluding hydrogens is 460 g/mol. The van der Waals surface area contributed by atoms with Crippen LogP contribution in [0.1, 0.15) is 38.2 Å². The van der Waals surface area contributed by atoms with Crippen molar-refractivity contribution in [2.24, 2.45) is 11.8 Å². The number of carbonyl (C=O) groups is 2. The lowest BCUT2D eigenvalue weighted by Crippen LogP contribution is -2.42. The van der Waals surface area contributed by atoms with Crippen molar-refractivity contribution in [1.29, 1.82) is 0 Å². The summed E-state index contributed by atoms with van der Waals surface area (Å²) in [6.45, 7) is 3.10. The maximum Gasteiger partial charge on any atom is 0.310 e. The Balaban J connectivity index is 1.62. The first-order valence-corrected chi connectivity index (χ1v) is 12.4. The van der Waals surface area contributed by atoms with Crippen LogP contribution in [0.5, 0.6) is 0 Å². The number of sulfonamides is 1. The third kappa shape index (κ3) is 3.96. The second-order valence-corrected chi connectivity index (χ2v) is 10.6. The number of rotatable bonds is 5. The van der Waals surface area contributed by atoms with E-state index in [9.17, 15) is 18.0 Å². The van der Waals surface area contributed by atoms with Crippen molar-refractivity contribution >= 4 is 43.5 Å². The maximum atomic E-state index is 13.4. The number of carbonyl (C=O) groups excluding carboxylic acids is 2. The van der Waals surface area contributed by atoms with Crippen molar-refractivity contribution in [3.8, 4) is 0 Å². The molecular formula is C20H25BrN2O5S. The number of anilines is 1. The van der Waals surface area contributed by atoms with Crippen LogP contribution >= 0.6 is 15.9 Å². The van der Waals surface area contributed by atoms with Crippen LogP contribution in [0.2, 0.25) is 0 Å². The Hall–Kier alpha value is -1.45. The second-order valence-electron chi connectivity index (χ2n) is 7.88. The zero-order valence-electron chi connectivity index (χ0n) is 16.4. The normalized spacial score (nSPS) is 22.4. The van der Waals surface area contributed by atoms with E-state index < -0.39 is 15.9 Å². The van der Waals surface area contributed by atoms with Crippen LogP contribution < -0.4 is 4.90 Å². The van der Waals surface area contributed by atoms with Crippen LogP contribution in [0.15, 0.2) is 21.5 Å². The van der Waals surface area contributed by atoms with Gasteiger partial charge in [-0.25, -0.2) is 8.42 Å². The summed E-state index contributed by atoms with van der Waals surface area (Å²) in [5, 5.41) is 0. The number of amides is 1. The van der Waals surface area contributed by atoms with Crippen LogP contribution in [0, 0.1) is 11.8 Å². The molecule has 1 aliphatic carbocycles. The number of fused-ring (bicyclic) bond motifs is 1. The van der Waals surface area contributed by atoms with Crippen LogP contribution in [-0.2, 0) is 30.8 Å². The third-order valence-electron chi connectivity index (χ3n) is 5.84. The average Bonchev–Trinajstić information content (AvgIpc) is 3.47. The van der Waals surface area contributed by atoms with E-state index in [2.05, 4.69) is 15.9 Å². The second kappa shape index (κ2) is 8.00. The molecule has 2 fully saturated rings. The number of hydrogen-bond acceptors (Lipinski definition) is 5. The monoisotopic (exact) mass is 484 g/mol. The van der Waals surface area contributed by atoms with Gasteiger partial charge in [-0.05, 0) is 72.7 Å². The molecule has 1 aromatic rings. The molecule has 1 aromatic carbocycles. The van der Waals surface area contributed by atoms with Gasteiger partial charge >= 0.3 is 5.97 Å².